The number of piperazine rings is 1. The maximum Gasteiger partial charge on any atom is 0.0681 e. The minimum absolute atomic E-state index is 0.294. The van der Waals surface area contributed by atoms with Crippen molar-refractivity contribution in [3.63, 3.8) is 0 Å². The van der Waals surface area contributed by atoms with Gasteiger partial charge in [0.2, 0.25) is 0 Å². The second kappa shape index (κ2) is 11.4. The van der Waals surface area contributed by atoms with Crippen molar-refractivity contribution in [1.82, 2.24) is 14.9 Å². The lowest BCUT2D eigenvalue weighted by Gasteiger charge is -2.41. The molecule has 0 spiro atoms. The molecule has 0 radical (unpaired) electrons. The van der Waals surface area contributed by atoms with Crippen molar-refractivity contribution >= 4 is 0 Å². The van der Waals surface area contributed by atoms with Crippen LogP contribution >= 0.6 is 0 Å². The Bertz CT molecular complexity index is 255. The molecule has 0 aromatic heterocycles. The summed E-state index contributed by atoms with van der Waals surface area (Å²) < 4.78 is 0. The van der Waals surface area contributed by atoms with Gasteiger partial charge in [0.25, 0.3) is 0 Å². The average molecular weight is 316 g/mol. The molecule has 0 saturated carbocycles. The Labute approximate surface area is 136 Å². The molecule has 2 N–H and O–H groups in total. The van der Waals surface area contributed by atoms with Crippen LogP contribution in [0, 0.1) is 0 Å². The van der Waals surface area contributed by atoms with E-state index in [9.17, 15) is 10.2 Å². The highest BCUT2D eigenvalue weighted by Gasteiger charge is 2.24. The van der Waals surface area contributed by atoms with Gasteiger partial charge in [-0.1, -0.05) is 39.5 Å². The van der Waals surface area contributed by atoms with Crippen LogP contribution in [0.2, 0.25) is 0 Å². The van der Waals surface area contributed by atoms with Gasteiger partial charge in [0.05, 0.1) is 12.2 Å². The van der Waals surface area contributed by atoms with E-state index >= 15 is 0 Å². The highest BCUT2D eigenvalue weighted by molar-refractivity contribution is 4.73. The van der Waals surface area contributed by atoms with Gasteiger partial charge in [0, 0.05) is 39.3 Å². The normalized spacial score (nSPS) is 20.5. The molecule has 1 aliphatic heterocycles. The predicted octanol–water partition coefficient (Wildman–Crippen LogP) is 1.55. The van der Waals surface area contributed by atoms with Crippen LogP contribution in [-0.4, -0.2) is 83.7 Å². The molecule has 0 bridgehead atoms. The molecular weight excluding hydrogens is 278 g/mol. The molecule has 1 rings (SSSR count). The lowest BCUT2D eigenvalue weighted by atomic mass is 10.1. The summed E-state index contributed by atoms with van der Waals surface area (Å²) >= 11 is 0. The first-order chi connectivity index (χ1) is 10.6. The predicted molar refractivity (Wildman–Crippen MR) is 91.7 cm³/mol. The van der Waals surface area contributed by atoms with Crippen molar-refractivity contribution in [3.8, 4) is 0 Å². The standard InChI is InChI=1S/C17H37N3O2/c1-4-6-8-16(21)14-20(15-17(22)9-7-5-2)19-12-10-18(3)11-13-19/h16-17,21-22H,4-15H2,1-3H3. The van der Waals surface area contributed by atoms with Gasteiger partial charge in [-0.05, 0) is 19.9 Å². The Kier molecular flexibility index (Phi) is 10.2. The van der Waals surface area contributed by atoms with E-state index in [0.29, 0.717) is 13.1 Å². The highest BCUT2D eigenvalue weighted by atomic mass is 16.3. The molecule has 1 heterocycles. The van der Waals surface area contributed by atoms with E-state index in [1.165, 1.54) is 0 Å². The minimum Gasteiger partial charge on any atom is -0.392 e. The van der Waals surface area contributed by atoms with Crippen LogP contribution in [0.4, 0.5) is 0 Å². The zero-order chi connectivity index (χ0) is 16.4. The van der Waals surface area contributed by atoms with Crippen LogP contribution in [0.25, 0.3) is 0 Å². The van der Waals surface area contributed by atoms with Crippen molar-refractivity contribution in [3.05, 3.63) is 0 Å². The van der Waals surface area contributed by atoms with Crippen LogP contribution in [0.5, 0.6) is 0 Å². The van der Waals surface area contributed by atoms with Gasteiger partial charge in [0.1, 0.15) is 0 Å². The third kappa shape index (κ3) is 7.88. The fourth-order valence-corrected chi connectivity index (χ4v) is 2.93. The van der Waals surface area contributed by atoms with Gasteiger partial charge in [-0.2, -0.15) is 0 Å². The summed E-state index contributed by atoms with van der Waals surface area (Å²) in [5.74, 6) is 0. The van der Waals surface area contributed by atoms with Gasteiger partial charge < -0.3 is 15.1 Å². The van der Waals surface area contributed by atoms with Crippen LogP contribution < -0.4 is 0 Å². The van der Waals surface area contributed by atoms with Crippen LogP contribution in [0.1, 0.15) is 52.4 Å². The van der Waals surface area contributed by atoms with Crippen molar-refractivity contribution in [1.29, 1.82) is 0 Å². The smallest absolute Gasteiger partial charge is 0.0681 e. The zero-order valence-corrected chi connectivity index (χ0v) is 14.9. The van der Waals surface area contributed by atoms with Gasteiger partial charge in [0.15, 0.2) is 0 Å². The Morgan fingerprint density at radius 1 is 0.864 bits per heavy atom. The van der Waals surface area contributed by atoms with Crippen LogP contribution in [-0.2, 0) is 0 Å². The maximum absolute atomic E-state index is 10.3. The molecule has 2 unspecified atom stereocenters. The van der Waals surface area contributed by atoms with E-state index in [4.69, 9.17) is 0 Å². The summed E-state index contributed by atoms with van der Waals surface area (Å²) in [6.45, 7) is 9.66. The minimum atomic E-state index is -0.294. The topological polar surface area (TPSA) is 50.2 Å². The molecule has 5 heteroatoms. The number of nitrogens with zero attached hydrogens (tertiary/aromatic N) is 3. The van der Waals surface area contributed by atoms with E-state index in [1.54, 1.807) is 0 Å². The van der Waals surface area contributed by atoms with E-state index in [2.05, 4.69) is 35.8 Å². The summed E-state index contributed by atoms with van der Waals surface area (Å²) in [6, 6.07) is 0. The molecule has 5 nitrogen and oxygen atoms in total. The van der Waals surface area contributed by atoms with Crippen LogP contribution in [0.15, 0.2) is 0 Å². The number of likely N-dealkylation sites (N-methyl/N-ethyl adjacent to an activating group) is 1. The summed E-state index contributed by atoms with van der Waals surface area (Å²) in [5, 5.41) is 25.0. The molecule has 0 aromatic rings. The fraction of sp³-hybridized carbons (Fsp3) is 1.00. The Morgan fingerprint density at radius 2 is 1.32 bits per heavy atom. The lowest BCUT2D eigenvalue weighted by Crippen LogP contribution is -2.56. The number of aliphatic hydroxyl groups is 2. The van der Waals surface area contributed by atoms with Gasteiger partial charge in [-0.3, -0.25) is 0 Å². The first-order valence-corrected chi connectivity index (χ1v) is 9.11. The second-order valence-corrected chi connectivity index (χ2v) is 6.72. The van der Waals surface area contributed by atoms with E-state index in [1.807, 2.05) is 0 Å². The van der Waals surface area contributed by atoms with E-state index < -0.39 is 0 Å². The Hall–Kier alpha value is -0.200. The molecule has 1 saturated heterocycles. The molecule has 0 aliphatic carbocycles. The zero-order valence-electron chi connectivity index (χ0n) is 14.9. The van der Waals surface area contributed by atoms with Gasteiger partial charge >= 0.3 is 0 Å². The van der Waals surface area contributed by atoms with E-state index in [-0.39, 0.29) is 12.2 Å². The lowest BCUT2D eigenvalue weighted by molar-refractivity contribution is -0.0953. The van der Waals surface area contributed by atoms with Crippen molar-refractivity contribution in [2.24, 2.45) is 0 Å². The molecule has 1 aliphatic rings. The SMILES string of the molecule is CCCCC(O)CN(CC(O)CCCC)N1CCN(C)CC1. The number of hydrazine groups is 1. The van der Waals surface area contributed by atoms with Crippen molar-refractivity contribution in [2.75, 3.05) is 46.3 Å². The molecule has 0 amide bonds. The second-order valence-electron chi connectivity index (χ2n) is 6.72. The van der Waals surface area contributed by atoms with Gasteiger partial charge in [-0.15, -0.1) is 0 Å². The summed E-state index contributed by atoms with van der Waals surface area (Å²) in [5.41, 5.74) is 0. The Balaban J connectivity index is 2.51. The number of unbranched alkanes of at least 4 members (excludes halogenated alkanes) is 2. The van der Waals surface area contributed by atoms with Crippen LogP contribution in [0.3, 0.4) is 0 Å². The first-order valence-electron chi connectivity index (χ1n) is 9.11. The fourth-order valence-electron chi connectivity index (χ4n) is 2.93. The first kappa shape index (κ1) is 19.8. The number of hydrogen-bond donors (Lipinski definition) is 2. The van der Waals surface area contributed by atoms with E-state index in [0.717, 1.165) is 64.7 Å². The quantitative estimate of drug-likeness (QED) is 0.606. The monoisotopic (exact) mass is 315 g/mol. The molecule has 2 atom stereocenters. The summed E-state index contributed by atoms with van der Waals surface area (Å²) in [4.78, 5) is 2.33. The third-order valence-electron chi connectivity index (χ3n) is 4.50. The summed E-state index contributed by atoms with van der Waals surface area (Å²) in [7, 11) is 2.15. The molecule has 22 heavy (non-hydrogen) atoms. The molecule has 1 fully saturated rings. The number of rotatable bonds is 11. The Morgan fingerprint density at radius 3 is 1.73 bits per heavy atom. The largest absolute Gasteiger partial charge is 0.392 e. The summed E-state index contributed by atoms with van der Waals surface area (Å²) in [6.07, 6.45) is 5.48. The number of hydrogen-bond acceptors (Lipinski definition) is 5. The average Bonchev–Trinajstić information content (AvgIpc) is 2.51. The third-order valence-corrected chi connectivity index (χ3v) is 4.50. The van der Waals surface area contributed by atoms with Crippen molar-refractivity contribution < 1.29 is 10.2 Å². The molecule has 132 valence electrons. The molecular formula is C17H37N3O2. The van der Waals surface area contributed by atoms with Gasteiger partial charge in [-0.25, -0.2) is 10.0 Å². The highest BCUT2D eigenvalue weighted by Crippen LogP contribution is 2.11. The molecule has 0 aromatic carbocycles. The van der Waals surface area contributed by atoms with Crippen molar-refractivity contribution in [2.45, 2.75) is 64.6 Å². The maximum atomic E-state index is 10.3. The number of aliphatic hydroxyl groups excluding tert-OH is 2.